The summed E-state index contributed by atoms with van der Waals surface area (Å²) in [6.07, 6.45) is 4.40. The third kappa shape index (κ3) is 3.93. The molecule has 2 heterocycles. The van der Waals surface area contributed by atoms with Crippen LogP contribution in [0.2, 0.25) is 0 Å². The van der Waals surface area contributed by atoms with E-state index < -0.39 is 0 Å². The Morgan fingerprint density at radius 3 is 2.22 bits per heavy atom. The summed E-state index contributed by atoms with van der Waals surface area (Å²) in [5.41, 5.74) is 7.69. The minimum absolute atomic E-state index is 0.736. The Balaban J connectivity index is 1.72. The second kappa shape index (κ2) is 9.21. The first-order valence-electron chi connectivity index (χ1n) is 10.9. The molecule has 0 N–H and O–H groups in total. The molecule has 0 atom stereocenters. The van der Waals surface area contributed by atoms with Crippen molar-refractivity contribution in [2.24, 2.45) is 0 Å². The highest BCUT2D eigenvalue weighted by molar-refractivity contribution is 14.1. The maximum absolute atomic E-state index is 2.47. The van der Waals surface area contributed by atoms with E-state index in [-0.39, 0.29) is 0 Å². The third-order valence-electron chi connectivity index (χ3n) is 6.02. The minimum atomic E-state index is 0.736. The van der Waals surface area contributed by atoms with E-state index >= 15 is 0 Å². The lowest BCUT2D eigenvalue weighted by molar-refractivity contribution is -0.903. The number of aromatic nitrogens is 2. The summed E-state index contributed by atoms with van der Waals surface area (Å²) in [4.78, 5) is 0. The fraction of sp³-hybridized carbons (Fsp3) is 0.103. The van der Waals surface area contributed by atoms with Gasteiger partial charge in [0.2, 0.25) is 11.4 Å². The number of pyridine rings is 2. The van der Waals surface area contributed by atoms with Crippen LogP contribution in [0.3, 0.4) is 0 Å². The summed E-state index contributed by atoms with van der Waals surface area (Å²) in [6.45, 7) is 2.91. The summed E-state index contributed by atoms with van der Waals surface area (Å²) < 4.78 is 5.70. The third-order valence-corrected chi connectivity index (χ3v) is 6.84. The first kappa shape index (κ1) is 20.8. The molecule has 32 heavy (non-hydrogen) atoms. The predicted molar refractivity (Wildman–Crippen MR) is 140 cm³/mol. The molecule has 156 valence electrons. The average Bonchev–Trinajstić information content (AvgIpc) is 2.85. The monoisotopic (exact) mass is 528 g/mol. The summed E-state index contributed by atoms with van der Waals surface area (Å²) in [7, 11) is 0. The van der Waals surface area contributed by atoms with Crippen molar-refractivity contribution in [3.63, 3.8) is 0 Å². The number of benzene rings is 3. The number of aryl methyl sites for hydroxylation is 1. The number of hydrogen-bond donors (Lipinski definition) is 0. The average molecular weight is 528 g/mol. The molecule has 0 saturated carbocycles. The van der Waals surface area contributed by atoms with Crippen LogP contribution in [0.5, 0.6) is 0 Å². The number of nitrogens with zero attached hydrogens (tertiary/aromatic N) is 2. The van der Waals surface area contributed by atoms with Gasteiger partial charge in [-0.1, -0.05) is 77.2 Å². The van der Waals surface area contributed by atoms with Gasteiger partial charge in [-0.3, -0.25) is 0 Å². The van der Waals surface area contributed by atoms with Crippen LogP contribution in [0.1, 0.15) is 11.1 Å². The second-order valence-electron chi connectivity index (χ2n) is 8.02. The van der Waals surface area contributed by atoms with E-state index in [1.54, 1.807) is 0 Å². The van der Waals surface area contributed by atoms with E-state index in [0.29, 0.717) is 0 Å². The number of alkyl halides is 1. The lowest BCUT2D eigenvalue weighted by Crippen LogP contribution is -2.53. The molecule has 0 fully saturated rings. The number of rotatable bonds is 5. The van der Waals surface area contributed by atoms with Gasteiger partial charge in [-0.2, -0.15) is 0 Å². The molecule has 0 aliphatic carbocycles. The van der Waals surface area contributed by atoms with Crippen LogP contribution in [-0.2, 0) is 11.1 Å². The van der Waals surface area contributed by atoms with E-state index in [2.05, 4.69) is 148 Å². The molecule has 0 bridgehead atoms. The smallest absolute Gasteiger partial charge is 0.139 e. The van der Waals surface area contributed by atoms with Gasteiger partial charge in [-0.05, 0) is 47.7 Å². The molecular weight excluding hydrogens is 503 g/mol. The Morgan fingerprint density at radius 1 is 0.656 bits per heavy atom. The second-order valence-corrected chi connectivity index (χ2v) is 8.79. The lowest BCUT2D eigenvalue weighted by atomic mass is 9.99. The zero-order chi connectivity index (χ0) is 21.9. The highest BCUT2D eigenvalue weighted by Crippen LogP contribution is 2.29. The highest BCUT2D eigenvalue weighted by atomic mass is 127. The molecule has 5 aromatic rings. The minimum Gasteiger partial charge on any atom is -0.139 e. The van der Waals surface area contributed by atoms with E-state index in [4.69, 9.17) is 0 Å². The van der Waals surface area contributed by atoms with Gasteiger partial charge in [0.15, 0.2) is 12.4 Å². The van der Waals surface area contributed by atoms with Crippen molar-refractivity contribution in [3.8, 4) is 22.5 Å². The normalized spacial score (nSPS) is 11.1. The van der Waals surface area contributed by atoms with Crippen LogP contribution in [0.25, 0.3) is 33.3 Å². The van der Waals surface area contributed by atoms with E-state index in [9.17, 15) is 0 Å². The van der Waals surface area contributed by atoms with Gasteiger partial charge in [-0.25, -0.2) is 0 Å². The molecular formula is C29H25IN2+2. The Labute approximate surface area is 203 Å². The van der Waals surface area contributed by atoms with Crippen molar-refractivity contribution >= 4 is 33.4 Å². The molecule has 3 aromatic carbocycles. The van der Waals surface area contributed by atoms with E-state index in [1.807, 2.05) is 0 Å². The molecule has 0 aliphatic rings. The Kier molecular flexibility index (Phi) is 5.99. The van der Waals surface area contributed by atoms with Gasteiger partial charge in [0.25, 0.3) is 0 Å². The maximum atomic E-state index is 2.47. The topological polar surface area (TPSA) is 7.76 Å². The first-order valence-corrected chi connectivity index (χ1v) is 12.4. The first-order chi connectivity index (χ1) is 15.8. The molecule has 2 nitrogen and oxygen atoms in total. The molecule has 3 heteroatoms. The summed E-state index contributed by atoms with van der Waals surface area (Å²) >= 11 is 2.47. The largest absolute Gasteiger partial charge is 0.344 e. The maximum Gasteiger partial charge on any atom is 0.344 e. The number of fused-ring (bicyclic) bond motifs is 1. The molecule has 2 aromatic heterocycles. The Bertz CT molecular complexity index is 1410. The van der Waals surface area contributed by atoms with Crippen molar-refractivity contribution in [2.45, 2.75) is 18.0 Å². The van der Waals surface area contributed by atoms with Gasteiger partial charge >= 0.3 is 6.67 Å². The lowest BCUT2D eigenvalue weighted by Gasteiger charge is -2.11. The zero-order valence-electron chi connectivity index (χ0n) is 18.1. The van der Waals surface area contributed by atoms with Crippen molar-refractivity contribution < 1.29 is 9.13 Å². The number of hydrogen-bond acceptors (Lipinski definition) is 0. The van der Waals surface area contributed by atoms with Crippen molar-refractivity contribution in [1.29, 1.82) is 0 Å². The molecule has 0 saturated heterocycles. The molecule has 5 rings (SSSR count). The predicted octanol–water partition coefficient (Wildman–Crippen LogP) is 6.50. The fourth-order valence-corrected chi connectivity index (χ4v) is 5.08. The number of halogens is 1. The molecule has 0 aliphatic heterocycles. The quantitative estimate of drug-likeness (QED) is 0.140. The zero-order valence-corrected chi connectivity index (χ0v) is 20.2. The van der Waals surface area contributed by atoms with Crippen LogP contribution in [-0.4, -0.2) is 0 Å². The summed E-state index contributed by atoms with van der Waals surface area (Å²) in [5.74, 6) is 0. The fourth-order valence-electron chi connectivity index (χ4n) is 4.41. The molecule has 0 radical (unpaired) electrons. The standard InChI is InChI=1S/C29H25IN2/c1-22-10-2-5-13-25(22)28-16-8-9-18-31(28)21-32-19-17-23-11-3-6-14-26(23)29(32)27-15-7-4-12-24(27)20-30/h2-19H,20-21H2,1H3/q+2. The van der Waals surface area contributed by atoms with Gasteiger partial charge < -0.3 is 0 Å². The van der Waals surface area contributed by atoms with Gasteiger partial charge in [0, 0.05) is 28.2 Å². The molecule has 0 unspecified atom stereocenters. The van der Waals surface area contributed by atoms with Crippen LogP contribution in [0, 0.1) is 6.92 Å². The van der Waals surface area contributed by atoms with E-state index in [1.165, 1.54) is 44.4 Å². The van der Waals surface area contributed by atoms with Crippen LogP contribution < -0.4 is 9.13 Å². The van der Waals surface area contributed by atoms with Crippen molar-refractivity contribution in [1.82, 2.24) is 0 Å². The SMILES string of the molecule is Cc1ccccc1-c1cccc[n+]1C[n+]1ccc2ccccc2c1-c1ccccc1CI. The summed E-state index contributed by atoms with van der Waals surface area (Å²) in [5, 5.41) is 2.54. The summed E-state index contributed by atoms with van der Waals surface area (Å²) in [6, 6.07) is 34.7. The Hall–Kier alpha value is -3.05. The molecule has 0 spiro atoms. The van der Waals surface area contributed by atoms with Gasteiger partial charge in [0.1, 0.15) is 0 Å². The molecule has 0 amide bonds. The van der Waals surface area contributed by atoms with Gasteiger partial charge in [0.05, 0.1) is 10.9 Å². The van der Waals surface area contributed by atoms with Crippen LogP contribution in [0.4, 0.5) is 0 Å². The van der Waals surface area contributed by atoms with Crippen molar-refractivity contribution in [2.75, 3.05) is 0 Å². The van der Waals surface area contributed by atoms with Gasteiger partial charge in [-0.15, -0.1) is 9.13 Å². The van der Waals surface area contributed by atoms with Crippen LogP contribution in [0.15, 0.2) is 109 Å². The Morgan fingerprint density at radius 2 is 1.38 bits per heavy atom. The van der Waals surface area contributed by atoms with Crippen LogP contribution >= 0.6 is 22.6 Å². The highest BCUT2D eigenvalue weighted by Gasteiger charge is 2.24. The van der Waals surface area contributed by atoms with Crippen molar-refractivity contribution in [3.05, 3.63) is 121 Å². The van der Waals surface area contributed by atoms with E-state index in [0.717, 1.165) is 11.1 Å².